The molecule has 2 aromatic carbocycles. The Labute approximate surface area is 127 Å². The molecule has 2 aromatic rings. The first-order chi connectivity index (χ1) is 9.36. The molecule has 106 valence electrons. The van der Waals surface area contributed by atoms with E-state index in [1.54, 1.807) is 25.1 Å². The zero-order chi connectivity index (χ0) is 14.8. The van der Waals surface area contributed by atoms with E-state index in [1.807, 2.05) is 18.2 Å². The molecule has 0 bridgehead atoms. The molecule has 0 saturated heterocycles. The normalized spacial score (nSPS) is 11.3. The zero-order valence-electron chi connectivity index (χ0n) is 10.6. The van der Waals surface area contributed by atoms with E-state index in [-0.39, 0.29) is 4.90 Å². The number of hydrogen-bond acceptors (Lipinski definition) is 3. The first kappa shape index (κ1) is 15.2. The van der Waals surface area contributed by atoms with Crippen LogP contribution in [0, 0.1) is 6.92 Å². The molecule has 0 fully saturated rings. The van der Waals surface area contributed by atoms with E-state index >= 15 is 0 Å². The summed E-state index contributed by atoms with van der Waals surface area (Å²) in [5, 5.41) is 0.644. The van der Waals surface area contributed by atoms with Crippen molar-refractivity contribution in [3.8, 4) is 5.75 Å². The second-order valence-corrected chi connectivity index (χ2v) is 7.25. The van der Waals surface area contributed by atoms with Crippen LogP contribution in [-0.4, -0.2) is 8.42 Å². The Morgan fingerprint density at radius 3 is 2.50 bits per heavy atom. The fourth-order valence-corrected chi connectivity index (χ4v) is 3.19. The Morgan fingerprint density at radius 1 is 1.15 bits per heavy atom. The van der Waals surface area contributed by atoms with E-state index in [9.17, 15) is 8.42 Å². The van der Waals surface area contributed by atoms with Crippen LogP contribution < -0.4 is 4.74 Å². The fraction of sp³-hybridized carbons (Fsp3) is 0.143. The van der Waals surface area contributed by atoms with Gasteiger partial charge >= 0.3 is 0 Å². The summed E-state index contributed by atoms with van der Waals surface area (Å²) in [5.74, 6) is 0.576. The third kappa shape index (κ3) is 3.88. The van der Waals surface area contributed by atoms with Gasteiger partial charge in [0.15, 0.2) is 0 Å². The fourth-order valence-electron chi connectivity index (χ4n) is 1.78. The summed E-state index contributed by atoms with van der Waals surface area (Å²) in [7, 11) is 1.60. The maximum Gasteiger partial charge on any atom is 0.261 e. The van der Waals surface area contributed by atoms with Gasteiger partial charge in [-0.15, -0.1) is 0 Å². The minimum absolute atomic E-state index is 0.0919. The highest BCUT2D eigenvalue weighted by Gasteiger charge is 2.13. The van der Waals surface area contributed by atoms with E-state index in [2.05, 4.69) is 0 Å². The smallest absolute Gasteiger partial charge is 0.261 e. The SMILES string of the molecule is Cc1cc(OCc2cccc(Cl)c2)ccc1S(=O)(=O)Cl. The van der Waals surface area contributed by atoms with Crippen molar-refractivity contribution in [2.75, 3.05) is 0 Å². The molecule has 0 unspecified atom stereocenters. The Bertz CT molecular complexity index is 727. The highest BCUT2D eigenvalue weighted by atomic mass is 35.7. The molecule has 20 heavy (non-hydrogen) atoms. The molecule has 0 N–H and O–H groups in total. The molecule has 0 heterocycles. The molecule has 0 aliphatic carbocycles. The molecule has 0 spiro atoms. The molecule has 0 aromatic heterocycles. The van der Waals surface area contributed by atoms with Crippen molar-refractivity contribution in [1.29, 1.82) is 0 Å². The second kappa shape index (κ2) is 6.04. The minimum Gasteiger partial charge on any atom is -0.489 e. The lowest BCUT2D eigenvalue weighted by Crippen LogP contribution is -1.98. The summed E-state index contributed by atoms with van der Waals surface area (Å²) < 4.78 is 28.2. The van der Waals surface area contributed by atoms with Gasteiger partial charge in [-0.3, -0.25) is 0 Å². The largest absolute Gasteiger partial charge is 0.489 e. The maximum atomic E-state index is 11.3. The van der Waals surface area contributed by atoms with E-state index < -0.39 is 9.05 Å². The summed E-state index contributed by atoms with van der Waals surface area (Å²) in [6, 6.07) is 12.0. The van der Waals surface area contributed by atoms with Crippen molar-refractivity contribution in [3.05, 3.63) is 58.6 Å². The van der Waals surface area contributed by atoms with Crippen LogP contribution in [0.1, 0.15) is 11.1 Å². The molecule has 3 nitrogen and oxygen atoms in total. The van der Waals surface area contributed by atoms with Gasteiger partial charge < -0.3 is 4.74 Å². The molecule has 6 heteroatoms. The summed E-state index contributed by atoms with van der Waals surface area (Å²) >= 11 is 5.89. The monoisotopic (exact) mass is 330 g/mol. The van der Waals surface area contributed by atoms with Gasteiger partial charge in [-0.25, -0.2) is 8.42 Å². The highest BCUT2D eigenvalue weighted by Crippen LogP contribution is 2.24. The summed E-state index contributed by atoms with van der Waals surface area (Å²) in [4.78, 5) is 0.0919. The molecule has 2 rings (SSSR count). The maximum absolute atomic E-state index is 11.3. The van der Waals surface area contributed by atoms with Crippen molar-refractivity contribution in [1.82, 2.24) is 0 Å². The number of aryl methyl sites for hydroxylation is 1. The minimum atomic E-state index is -3.72. The van der Waals surface area contributed by atoms with Crippen LogP contribution in [0.2, 0.25) is 5.02 Å². The lowest BCUT2D eigenvalue weighted by Gasteiger charge is -2.09. The average Bonchev–Trinajstić information content (AvgIpc) is 2.35. The van der Waals surface area contributed by atoms with Crippen LogP contribution in [0.25, 0.3) is 0 Å². The van der Waals surface area contributed by atoms with E-state index in [4.69, 9.17) is 27.0 Å². The quantitative estimate of drug-likeness (QED) is 0.790. The Hall–Kier alpha value is -1.23. The Kier molecular flexibility index (Phi) is 4.58. The standard InChI is InChI=1S/C14H12Cl2O3S/c1-10-7-13(5-6-14(10)20(16,17)18)19-9-11-3-2-4-12(15)8-11/h2-8H,9H2,1H3. The van der Waals surface area contributed by atoms with Gasteiger partial charge in [0.05, 0.1) is 4.90 Å². The van der Waals surface area contributed by atoms with Crippen molar-refractivity contribution in [2.45, 2.75) is 18.4 Å². The third-order valence-electron chi connectivity index (χ3n) is 2.70. The Morgan fingerprint density at radius 2 is 1.90 bits per heavy atom. The van der Waals surface area contributed by atoms with Gasteiger partial charge in [0, 0.05) is 15.7 Å². The van der Waals surface area contributed by atoms with Gasteiger partial charge in [-0.1, -0.05) is 23.7 Å². The predicted octanol–water partition coefficient (Wildman–Crippen LogP) is 4.15. The molecular weight excluding hydrogens is 319 g/mol. The van der Waals surface area contributed by atoms with E-state index in [0.717, 1.165) is 5.56 Å². The van der Waals surface area contributed by atoms with Crippen LogP contribution in [0.3, 0.4) is 0 Å². The van der Waals surface area contributed by atoms with Crippen molar-refractivity contribution in [3.63, 3.8) is 0 Å². The van der Waals surface area contributed by atoms with Crippen LogP contribution >= 0.6 is 22.3 Å². The molecule has 0 radical (unpaired) electrons. The van der Waals surface area contributed by atoms with Gasteiger partial charge in [-0.2, -0.15) is 0 Å². The van der Waals surface area contributed by atoms with E-state index in [1.165, 1.54) is 6.07 Å². The second-order valence-electron chi connectivity index (χ2n) is 4.28. The summed E-state index contributed by atoms with van der Waals surface area (Å²) in [5.41, 5.74) is 1.48. The number of ether oxygens (including phenoxy) is 1. The molecular formula is C14H12Cl2O3S. The number of halogens is 2. The molecule has 0 aliphatic rings. The predicted molar refractivity (Wildman–Crippen MR) is 80.0 cm³/mol. The highest BCUT2D eigenvalue weighted by molar-refractivity contribution is 8.13. The molecule has 0 saturated carbocycles. The van der Waals surface area contributed by atoms with Gasteiger partial charge in [0.2, 0.25) is 0 Å². The lowest BCUT2D eigenvalue weighted by atomic mass is 10.2. The van der Waals surface area contributed by atoms with Crippen LogP contribution in [0.15, 0.2) is 47.4 Å². The number of hydrogen-bond donors (Lipinski definition) is 0. The number of rotatable bonds is 4. The summed E-state index contributed by atoms with van der Waals surface area (Å²) in [6.07, 6.45) is 0. The zero-order valence-corrected chi connectivity index (χ0v) is 13.0. The van der Waals surface area contributed by atoms with Crippen LogP contribution in [0.5, 0.6) is 5.75 Å². The molecule has 0 aliphatic heterocycles. The van der Waals surface area contributed by atoms with Crippen molar-refractivity contribution in [2.24, 2.45) is 0 Å². The third-order valence-corrected chi connectivity index (χ3v) is 4.42. The van der Waals surface area contributed by atoms with Crippen molar-refractivity contribution >= 4 is 31.3 Å². The van der Waals surface area contributed by atoms with Gasteiger partial charge in [0.1, 0.15) is 12.4 Å². The first-order valence-electron chi connectivity index (χ1n) is 5.79. The topological polar surface area (TPSA) is 43.4 Å². The van der Waals surface area contributed by atoms with Gasteiger partial charge in [0.25, 0.3) is 9.05 Å². The number of benzene rings is 2. The molecule has 0 amide bonds. The van der Waals surface area contributed by atoms with Crippen LogP contribution in [-0.2, 0) is 15.7 Å². The van der Waals surface area contributed by atoms with Crippen molar-refractivity contribution < 1.29 is 13.2 Å². The van der Waals surface area contributed by atoms with Gasteiger partial charge in [-0.05, 0) is 48.4 Å². The summed E-state index contributed by atoms with van der Waals surface area (Å²) in [6.45, 7) is 2.02. The molecule has 0 atom stereocenters. The Balaban J connectivity index is 2.14. The average molecular weight is 331 g/mol. The first-order valence-corrected chi connectivity index (χ1v) is 8.47. The van der Waals surface area contributed by atoms with E-state index in [0.29, 0.717) is 22.9 Å². The van der Waals surface area contributed by atoms with Crippen LogP contribution in [0.4, 0.5) is 0 Å². The lowest BCUT2D eigenvalue weighted by molar-refractivity contribution is 0.306.